The van der Waals surface area contributed by atoms with Crippen molar-refractivity contribution in [3.63, 3.8) is 0 Å². The van der Waals surface area contributed by atoms with Crippen molar-refractivity contribution >= 4 is 6.08 Å². The Kier molecular flexibility index (Phi) is 3.51. The maximum absolute atomic E-state index is 5.69. The molecule has 1 atom stereocenters. The van der Waals surface area contributed by atoms with Gasteiger partial charge in [0, 0.05) is 12.5 Å². The highest BCUT2D eigenvalue weighted by Crippen LogP contribution is 2.30. The standard InChI is InChI=1S/C15H19NO2/c1-3-13(16-8-1)6-4-12-5-7-14-15(11-12)18-10-2-9-17-14/h4-7,11,13,16H,1-3,8-10H2/b6-4+. The Morgan fingerprint density at radius 1 is 1.11 bits per heavy atom. The van der Waals surface area contributed by atoms with Gasteiger partial charge in [0.05, 0.1) is 13.2 Å². The van der Waals surface area contributed by atoms with Gasteiger partial charge in [-0.15, -0.1) is 0 Å². The molecule has 2 heterocycles. The summed E-state index contributed by atoms with van der Waals surface area (Å²) in [6.45, 7) is 2.62. The lowest BCUT2D eigenvalue weighted by Gasteiger charge is -2.08. The number of nitrogens with one attached hydrogen (secondary N) is 1. The molecule has 3 heteroatoms. The van der Waals surface area contributed by atoms with E-state index in [2.05, 4.69) is 29.6 Å². The molecule has 1 fully saturated rings. The van der Waals surface area contributed by atoms with E-state index < -0.39 is 0 Å². The third-order valence-electron chi connectivity index (χ3n) is 3.39. The summed E-state index contributed by atoms with van der Waals surface area (Å²) in [6.07, 6.45) is 7.87. The maximum Gasteiger partial charge on any atom is 0.161 e. The highest BCUT2D eigenvalue weighted by Gasteiger charge is 2.11. The van der Waals surface area contributed by atoms with Crippen LogP contribution in [0.1, 0.15) is 24.8 Å². The normalized spacial score (nSPS) is 23.2. The first-order valence-corrected chi connectivity index (χ1v) is 6.73. The predicted octanol–water partition coefficient (Wildman–Crippen LogP) is 2.61. The molecule has 1 aromatic carbocycles. The number of hydrogen-bond donors (Lipinski definition) is 1. The molecule has 0 radical (unpaired) electrons. The van der Waals surface area contributed by atoms with Crippen molar-refractivity contribution in [2.24, 2.45) is 0 Å². The van der Waals surface area contributed by atoms with Crippen LogP contribution in [0.4, 0.5) is 0 Å². The molecule has 1 saturated heterocycles. The summed E-state index contributed by atoms with van der Waals surface area (Å²) in [5.41, 5.74) is 1.17. The van der Waals surface area contributed by atoms with Crippen LogP contribution < -0.4 is 14.8 Å². The highest BCUT2D eigenvalue weighted by atomic mass is 16.5. The van der Waals surface area contributed by atoms with Crippen molar-refractivity contribution < 1.29 is 9.47 Å². The van der Waals surface area contributed by atoms with Crippen molar-refractivity contribution in [3.8, 4) is 11.5 Å². The fourth-order valence-electron chi connectivity index (χ4n) is 2.39. The minimum absolute atomic E-state index is 0.529. The third kappa shape index (κ3) is 2.67. The molecule has 18 heavy (non-hydrogen) atoms. The molecule has 0 aliphatic carbocycles. The first-order valence-electron chi connectivity index (χ1n) is 6.73. The molecule has 0 saturated carbocycles. The maximum atomic E-state index is 5.69. The van der Waals surface area contributed by atoms with Crippen LogP contribution in [-0.2, 0) is 0 Å². The van der Waals surface area contributed by atoms with E-state index in [4.69, 9.17) is 9.47 Å². The number of rotatable bonds is 2. The van der Waals surface area contributed by atoms with E-state index in [0.717, 1.165) is 37.7 Å². The van der Waals surface area contributed by atoms with Gasteiger partial charge in [-0.1, -0.05) is 18.2 Å². The van der Waals surface area contributed by atoms with Crippen LogP contribution >= 0.6 is 0 Å². The lowest BCUT2D eigenvalue weighted by molar-refractivity contribution is 0.297. The second kappa shape index (κ2) is 5.44. The third-order valence-corrected chi connectivity index (χ3v) is 3.39. The summed E-state index contributed by atoms with van der Waals surface area (Å²) in [4.78, 5) is 0. The number of hydrogen-bond acceptors (Lipinski definition) is 3. The molecule has 3 rings (SSSR count). The lowest BCUT2D eigenvalue weighted by Crippen LogP contribution is -2.17. The zero-order valence-electron chi connectivity index (χ0n) is 10.5. The molecule has 3 nitrogen and oxygen atoms in total. The molecule has 2 aliphatic rings. The largest absolute Gasteiger partial charge is 0.490 e. The van der Waals surface area contributed by atoms with E-state index in [1.807, 2.05) is 6.07 Å². The van der Waals surface area contributed by atoms with Gasteiger partial charge in [-0.3, -0.25) is 0 Å². The minimum atomic E-state index is 0.529. The average Bonchev–Trinajstić information content (AvgIpc) is 2.80. The van der Waals surface area contributed by atoms with Crippen LogP contribution in [0.15, 0.2) is 24.3 Å². The Balaban J connectivity index is 1.74. The summed E-state index contributed by atoms with van der Waals surface area (Å²) < 4.78 is 11.3. The summed E-state index contributed by atoms with van der Waals surface area (Å²) >= 11 is 0. The van der Waals surface area contributed by atoms with Crippen LogP contribution in [-0.4, -0.2) is 25.8 Å². The Labute approximate surface area is 108 Å². The van der Waals surface area contributed by atoms with Gasteiger partial charge in [0.25, 0.3) is 0 Å². The Hall–Kier alpha value is -1.48. The molecular weight excluding hydrogens is 226 g/mol. The highest BCUT2D eigenvalue weighted by molar-refractivity contribution is 5.56. The van der Waals surface area contributed by atoms with Gasteiger partial charge in [-0.05, 0) is 37.1 Å². The fourth-order valence-corrected chi connectivity index (χ4v) is 2.39. The predicted molar refractivity (Wildman–Crippen MR) is 72.1 cm³/mol. The monoisotopic (exact) mass is 245 g/mol. The summed E-state index contributed by atoms with van der Waals surface area (Å²) in [7, 11) is 0. The minimum Gasteiger partial charge on any atom is -0.490 e. The summed E-state index contributed by atoms with van der Waals surface area (Å²) in [6, 6.07) is 6.67. The van der Waals surface area contributed by atoms with E-state index in [0.29, 0.717) is 6.04 Å². The molecule has 0 amide bonds. The molecular formula is C15H19NO2. The molecule has 0 bridgehead atoms. The molecule has 0 spiro atoms. The van der Waals surface area contributed by atoms with Crippen molar-refractivity contribution in [2.45, 2.75) is 25.3 Å². The summed E-state index contributed by atoms with van der Waals surface area (Å²) in [5, 5.41) is 3.46. The van der Waals surface area contributed by atoms with Crippen molar-refractivity contribution in [1.29, 1.82) is 0 Å². The zero-order chi connectivity index (χ0) is 12.2. The van der Waals surface area contributed by atoms with Crippen LogP contribution in [0.5, 0.6) is 11.5 Å². The molecule has 2 aliphatic heterocycles. The quantitative estimate of drug-likeness (QED) is 0.868. The number of benzene rings is 1. The van der Waals surface area contributed by atoms with Crippen LogP contribution in [0.3, 0.4) is 0 Å². The molecule has 0 aromatic heterocycles. The molecule has 1 unspecified atom stereocenters. The van der Waals surface area contributed by atoms with Crippen molar-refractivity contribution in [3.05, 3.63) is 29.8 Å². The topological polar surface area (TPSA) is 30.5 Å². The number of ether oxygens (including phenoxy) is 2. The van der Waals surface area contributed by atoms with Gasteiger partial charge in [0.2, 0.25) is 0 Å². The van der Waals surface area contributed by atoms with Gasteiger partial charge in [-0.2, -0.15) is 0 Å². The Bertz CT molecular complexity index is 436. The van der Waals surface area contributed by atoms with E-state index >= 15 is 0 Å². The van der Waals surface area contributed by atoms with Gasteiger partial charge < -0.3 is 14.8 Å². The molecule has 96 valence electrons. The Morgan fingerprint density at radius 2 is 2.00 bits per heavy atom. The van der Waals surface area contributed by atoms with Gasteiger partial charge >= 0.3 is 0 Å². The van der Waals surface area contributed by atoms with E-state index in [9.17, 15) is 0 Å². The SMILES string of the molecule is C(=C\C1CCCN1)/c1ccc2c(c1)OCCCO2. The van der Waals surface area contributed by atoms with Crippen molar-refractivity contribution in [2.75, 3.05) is 19.8 Å². The first-order chi connectivity index (χ1) is 8.92. The average molecular weight is 245 g/mol. The van der Waals surface area contributed by atoms with E-state index in [1.165, 1.54) is 18.4 Å². The zero-order valence-corrected chi connectivity index (χ0v) is 10.5. The van der Waals surface area contributed by atoms with Crippen LogP contribution in [0.2, 0.25) is 0 Å². The van der Waals surface area contributed by atoms with Gasteiger partial charge in [-0.25, -0.2) is 0 Å². The number of fused-ring (bicyclic) bond motifs is 1. The second-order valence-electron chi connectivity index (χ2n) is 4.82. The first kappa shape index (κ1) is 11.6. The van der Waals surface area contributed by atoms with Crippen LogP contribution in [0.25, 0.3) is 6.08 Å². The molecule has 1 aromatic rings. The van der Waals surface area contributed by atoms with Crippen molar-refractivity contribution in [1.82, 2.24) is 5.32 Å². The van der Waals surface area contributed by atoms with Gasteiger partial charge in [0.1, 0.15) is 0 Å². The summed E-state index contributed by atoms with van der Waals surface area (Å²) in [5.74, 6) is 1.73. The lowest BCUT2D eigenvalue weighted by atomic mass is 10.1. The fraction of sp³-hybridized carbons (Fsp3) is 0.467. The van der Waals surface area contributed by atoms with Gasteiger partial charge in [0.15, 0.2) is 11.5 Å². The molecule has 1 N–H and O–H groups in total. The smallest absolute Gasteiger partial charge is 0.161 e. The Morgan fingerprint density at radius 3 is 2.83 bits per heavy atom. The second-order valence-corrected chi connectivity index (χ2v) is 4.82. The van der Waals surface area contributed by atoms with E-state index in [1.54, 1.807) is 0 Å². The van der Waals surface area contributed by atoms with E-state index in [-0.39, 0.29) is 0 Å². The van der Waals surface area contributed by atoms with Crippen LogP contribution in [0, 0.1) is 0 Å².